The largest absolute Gasteiger partial charge is 0.379 e. The fraction of sp³-hybridized carbons (Fsp3) is 0.292. The first-order chi connectivity index (χ1) is 15.6. The van der Waals surface area contributed by atoms with E-state index in [0.29, 0.717) is 35.8 Å². The van der Waals surface area contributed by atoms with Crippen molar-refractivity contribution in [3.8, 4) is 10.4 Å². The predicted molar refractivity (Wildman–Crippen MR) is 128 cm³/mol. The van der Waals surface area contributed by atoms with Crippen LogP contribution in [-0.2, 0) is 22.6 Å². The number of nitrogens with zero attached hydrogens (tertiary/aromatic N) is 3. The Morgan fingerprint density at radius 3 is 2.78 bits per heavy atom. The second kappa shape index (κ2) is 8.97. The van der Waals surface area contributed by atoms with Gasteiger partial charge in [-0.3, -0.25) is 14.2 Å². The number of aryl methyl sites for hydroxylation is 1. The van der Waals surface area contributed by atoms with Crippen LogP contribution < -0.4 is 5.56 Å². The van der Waals surface area contributed by atoms with Gasteiger partial charge in [-0.1, -0.05) is 36.4 Å². The summed E-state index contributed by atoms with van der Waals surface area (Å²) in [6.07, 6.45) is 0.802. The minimum absolute atomic E-state index is 0.0123. The van der Waals surface area contributed by atoms with E-state index < -0.39 is 0 Å². The van der Waals surface area contributed by atoms with Gasteiger partial charge in [0.1, 0.15) is 17.2 Å². The van der Waals surface area contributed by atoms with E-state index in [2.05, 4.69) is 4.98 Å². The fourth-order valence-corrected chi connectivity index (χ4v) is 5.92. The van der Waals surface area contributed by atoms with Gasteiger partial charge >= 0.3 is 0 Å². The average Bonchev–Trinajstić information content (AvgIpc) is 3.57. The molecule has 1 saturated heterocycles. The topological polar surface area (TPSA) is 64.4 Å². The molecule has 164 valence electrons. The molecule has 0 spiro atoms. The molecule has 0 aliphatic carbocycles. The third-order valence-corrected chi connectivity index (χ3v) is 7.60. The summed E-state index contributed by atoms with van der Waals surface area (Å²) < 4.78 is 7.07. The minimum atomic E-state index is -0.159. The first-order valence-corrected chi connectivity index (χ1v) is 12.3. The van der Waals surface area contributed by atoms with Crippen LogP contribution in [0.3, 0.4) is 0 Å². The van der Waals surface area contributed by atoms with Crippen LogP contribution in [0.1, 0.15) is 17.8 Å². The lowest BCUT2D eigenvalue weighted by atomic mass is 10.1. The molecule has 1 fully saturated rings. The van der Waals surface area contributed by atoms with E-state index in [1.54, 1.807) is 18.3 Å². The molecule has 32 heavy (non-hydrogen) atoms. The molecular formula is C24H23N3O3S2. The van der Waals surface area contributed by atoms with E-state index >= 15 is 0 Å². The summed E-state index contributed by atoms with van der Waals surface area (Å²) >= 11 is 3.06. The third-order valence-electron chi connectivity index (χ3n) is 5.83. The molecule has 1 atom stereocenters. The van der Waals surface area contributed by atoms with Crippen LogP contribution in [-0.4, -0.2) is 39.6 Å². The van der Waals surface area contributed by atoms with Crippen molar-refractivity contribution < 1.29 is 9.53 Å². The molecule has 1 amide bonds. The van der Waals surface area contributed by atoms with Crippen molar-refractivity contribution in [3.05, 3.63) is 75.0 Å². The maximum Gasteiger partial charge on any atom is 0.263 e. The van der Waals surface area contributed by atoms with Crippen LogP contribution in [0.15, 0.2) is 58.0 Å². The van der Waals surface area contributed by atoms with E-state index in [9.17, 15) is 9.59 Å². The summed E-state index contributed by atoms with van der Waals surface area (Å²) in [6.45, 7) is 3.43. The van der Waals surface area contributed by atoms with Crippen molar-refractivity contribution in [2.45, 2.75) is 32.5 Å². The summed E-state index contributed by atoms with van der Waals surface area (Å²) in [6, 6.07) is 13.9. The van der Waals surface area contributed by atoms with Gasteiger partial charge in [-0.15, -0.1) is 22.7 Å². The van der Waals surface area contributed by atoms with Crippen LogP contribution in [0.25, 0.3) is 20.7 Å². The van der Waals surface area contributed by atoms with Crippen molar-refractivity contribution in [3.63, 3.8) is 0 Å². The molecule has 8 heteroatoms. The molecule has 4 heterocycles. The number of amides is 1. The van der Waals surface area contributed by atoms with Gasteiger partial charge in [0.05, 0.1) is 18.0 Å². The van der Waals surface area contributed by atoms with Crippen LogP contribution in [0.5, 0.6) is 0 Å². The third kappa shape index (κ3) is 4.01. The second-order valence-electron chi connectivity index (χ2n) is 7.88. The Hall–Kier alpha value is -2.81. The van der Waals surface area contributed by atoms with Crippen molar-refractivity contribution in [1.82, 2.24) is 14.5 Å². The molecule has 3 aromatic heterocycles. The molecule has 0 bridgehead atoms. The van der Waals surface area contributed by atoms with E-state index in [1.807, 2.05) is 58.1 Å². The average molecular weight is 466 g/mol. The Morgan fingerprint density at radius 2 is 2.06 bits per heavy atom. The molecule has 1 aliphatic rings. The van der Waals surface area contributed by atoms with Crippen LogP contribution in [0, 0.1) is 6.92 Å². The van der Waals surface area contributed by atoms with Crippen molar-refractivity contribution in [1.29, 1.82) is 0 Å². The van der Waals surface area contributed by atoms with Gasteiger partial charge in [-0.2, -0.15) is 0 Å². The van der Waals surface area contributed by atoms with E-state index in [4.69, 9.17) is 4.74 Å². The van der Waals surface area contributed by atoms with Crippen LogP contribution >= 0.6 is 22.7 Å². The highest BCUT2D eigenvalue weighted by Crippen LogP contribution is 2.33. The molecule has 1 unspecified atom stereocenters. The van der Waals surface area contributed by atoms with E-state index in [0.717, 1.165) is 22.4 Å². The maximum absolute atomic E-state index is 13.5. The lowest BCUT2D eigenvalue weighted by Gasteiger charge is -2.28. The summed E-state index contributed by atoms with van der Waals surface area (Å²) in [7, 11) is 0. The van der Waals surface area contributed by atoms with Gasteiger partial charge in [0.15, 0.2) is 0 Å². The Bertz CT molecular complexity index is 1290. The quantitative estimate of drug-likeness (QED) is 0.426. The Morgan fingerprint density at radius 1 is 1.22 bits per heavy atom. The van der Waals surface area contributed by atoms with Gasteiger partial charge < -0.3 is 9.64 Å². The second-order valence-corrected chi connectivity index (χ2v) is 9.69. The molecule has 0 saturated carbocycles. The highest BCUT2D eigenvalue weighted by atomic mass is 32.1. The Labute approximate surface area is 193 Å². The van der Waals surface area contributed by atoms with Crippen molar-refractivity contribution in [2.24, 2.45) is 0 Å². The highest BCUT2D eigenvalue weighted by Gasteiger charge is 2.28. The Kier molecular flexibility index (Phi) is 5.91. The molecule has 1 aromatic carbocycles. The van der Waals surface area contributed by atoms with E-state index in [-0.39, 0.29) is 24.1 Å². The number of carbonyl (C=O) groups is 1. The molecule has 0 N–H and O–H groups in total. The zero-order valence-corrected chi connectivity index (χ0v) is 19.3. The smallest absolute Gasteiger partial charge is 0.263 e. The monoisotopic (exact) mass is 465 g/mol. The number of rotatable bonds is 6. The number of benzene rings is 1. The lowest BCUT2D eigenvalue weighted by Crippen LogP contribution is -2.43. The molecule has 6 nitrogen and oxygen atoms in total. The minimum Gasteiger partial charge on any atom is -0.379 e. The van der Waals surface area contributed by atoms with Crippen LogP contribution in [0.2, 0.25) is 0 Å². The van der Waals surface area contributed by atoms with E-state index in [1.165, 1.54) is 15.9 Å². The maximum atomic E-state index is 13.5. The number of ether oxygens (including phenoxy) is 1. The Balaban J connectivity index is 1.50. The summed E-state index contributed by atoms with van der Waals surface area (Å²) in [5.41, 5.74) is 1.79. The van der Waals surface area contributed by atoms with Gasteiger partial charge in [-0.05, 0) is 30.4 Å². The van der Waals surface area contributed by atoms with Gasteiger partial charge in [0.2, 0.25) is 5.91 Å². The number of thiophene rings is 2. The predicted octanol–water partition coefficient (Wildman–Crippen LogP) is 4.31. The molecule has 1 aliphatic heterocycles. The van der Waals surface area contributed by atoms with Gasteiger partial charge in [0.25, 0.3) is 5.56 Å². The standard InChI is InChI=1S/C24H23N3O3S2/c1-16-25-23-22(19(15-32-23)20-8-5-11-31-20)24(29)26(16)13-21(28)27(18-9-10-30-14-18)12-17-6-3-2-4-7-17/h2-8,11,15,18H,9-10,12-14H2,1H3. The highest BCUT2D eigenvalue weighted by molar-refractivity contribution is 7.18. The number of hydrogen-bond acceptors (Lipinski definition) is 6. The zero-order chi connectivity index (χ0) is 22.1. The number of carbonyl (C=O) groups excluding carboxylic acids is 1. The van der Waals surface area contributed by atoms with Gasteiger partial charge in [0, 0.05) is 29.0 Å². The molecule has 0 radical (unpaired) electrons. The normalized spacial score (nSPS) is 16.0. The van der Waals surface area contributed by atoms with Crippen molar-refractivity contribution in [2.75, 3.05) is 13.2 Å². The number of hydrogen-bond donors (Lipinski definition) is 0. The molecule has 5 rings (SSSR count). The molecular weight excluding hydrogens is 442 g/mol. The van der Waals surface area contributed by atoms with Crippen molar-refractivity contribution >= 4 is 38.8 Å². The molecule has 4 aromatic rings. The summed E-state index contributed by atoms with van der Waals surface area (Å²) in [4.78, 5) is 35.2. The first-order valence-electron chi connectivity index (χ1n) is 10.6. The number of aromatic nitrogens is 2. The zero-order valence-electron chi connectivity index (χ0n) is 17.7. The SMILES string of the molecule is Cc1nc2scc(-c3cccs3)c2c(=O)n1CC(=O)N(Cc1ccccc1)C1CCOC1. The first kappa shape index (κ1) is 21.1. The summed E-state index contributed by atoms with van der Waals surface area (Å²) in [5.74, 6) is 0.460. The van der Waals surface area contributed by atoms with Gasteiger partial charge in [-0.25, -0.2) is 4.98 Å². The lowest BCUT2D eigenvalue weighted by molar-refractivity contribution is -0.135. The number of fused-ring (bicyclic) bond motifs is 1. The van der Waals surface area contributed by atoms with Crippen LogP contribution in [0.4, 0.5) is 0 Å². The fourth-order valence-electron chi connectivity index (χ4n) is 4.12. The summed E-state index contributed by atoms with van der Waals surface area (Å²) in [5, 5.41) is 4.57.